The molecule has 0 amide bonds. The van der Waals surface area contributed by atoms with Crippen LogP contribution in [0, 0.1) is 0 Å². The van der Waals surface area contributed by atoms with Crippen molar-refractivity contribution in [3.8, 4) is 11.4 Å². The standard InChI is InChI=1S/C23H33N5O2/c1-22(2)14-17(15-23(3,4)27(22)5)30-21(25)10-9-19(24)18-8-7-16(13-20(18)29)28-12-6-11-26-28/h6-13,17,29H,14-15,24-25H2,1-5H3/b19-9-,21-10+. The van der Waals surface area contributed by atoms with Crippen LogP contribution in [0.2, 0.25) is 0 Å². The molecule has 3 rings (SSSR count). The molecule has 1 fully saturated rings. The topological polar surface area (TPSA) is 103 Å². The molecule has 0 radical (unpaired) electrons. The first kappa shape index (κ1) is 21.8. The summed E-state index contributed by atoms with van der Waals surface area (Å²) in [6.07, 6.45) is 8.59. The number of benzene rings is 1. The second kappa shape index (κ2) is 8.07. The third kappa shape index (κ3) is 4.62. The van der Waals surface area contributed by atoms with E-state index in [1.54, 1.807) is 41.4 Å². The maximum atomic E-state index is 10.4. The molecule has 1 aromatic carbocycles. The summed E-state index contributed by atoms with van der Waals surface area (Å²) in [6.45, 7) is 8.88. The van der Waals surface area contributed by atoms with Crippen molar-refractivity contribution in [2.45, 2.75) is 57.7 Å². The predicted octanol–water partition coefficient (Wildman–Crippen LogP) is 3.35. The number of allylic oxidation sites excluding steroid dienone is 2. The number of phenols is 1. The molecule has 1 aromatic heterocycles. The Morgan fingerprint density at radius 2 is 1.83 bits per heavy atom. The van der Waals surface area contributed by atoms with Crippen molar-refractivity contribution >= 4 is 5.70 Å². The molecule has 7 heteroatoms. The Kier molecular flexibility index (Phi) is 5.85. The van der Waals surface area contributed by atoms with Gasteiger partial charge in [0.25, 0.3) is 0 Å². The number of ether oxygens (including phenoxy) is 1. The Morgan fingerprint density at radius 3 is 2.40 bits per heavy atom. The maximum Gasteiger partial charge on any atom is 0.184 e. The zero-order valence-corrected chi connectivity index (χ0v) is 18.5. The molecule has 0 atom stereocenters. The monoisotopic (exact) mass is 411 g/mol. The summed E-state index contributed by atoms with van der Waals surface area (Å²) in [5.74, 6) is 0.384. The average molecular weight is 412 g/mol. The van der Waals surface area contributed by atoms with E-state index in [1.165, 1.54) is 0 Å². The van der Waals surface area contributed by atoms with E-state index >= 15 is 0 Å². The lowest BCUT2D eigenvalue weighted by Gasteiger charge is -2.53. The van der Waals surface area contributed by atoms with Gasteiger partial charge in [-0.3, -0.25) is 4.90 Å². The summed E-state index contributed by atoms with van der Waals surface area (Å²) in [7, 11) is 2.16. The van der Waals surface area contributed by atoms with Crippen molar-refractivity contribution in [1.82, 2.24) is 14.7 Å². The van der Waals surface area contributed by atoms with Gasteiger partial charge >= 0.3 is 0 Å². The number of hydrogen-bond acceptors (Lipinski definition) is 6. The van der Waals surface area contributed by atoms with E-state index < -0.39 is 0 Å². The molecule has 0 bridgehead atoms. The largest absolute Gasteiger partial charge is 0.507 e. The minimum absolute atomic E-state index is 0.0175. The molecular weight excluding hydrogens is 378 g/mol. The number of aromatic nitrogens is 2. The van der Waals surface area contributed by atoms with Crippen LogP contribution in [0.3, 0.4) is 0 Å². The average Bonchev–Trinajstić information content (AvgIpc) is 3.18. The van der Waals surface area contributed by atoms with Crippen molar-refractivity contribution in [2.24, 2.45) is 11.5 Å². The fraction of sp³-hybridized carbons (Fsp3) is 0.435. The third-order valence-corrected chi connectivity index (χ3v) is 6.06. The molecule has 2 aromatic rings. The van der Waals surface area contributed by atoms with Gasteiger partial charge in [-0.2, -0.15) is 5.10 Å². The second-order valence-corrected chi connectivity index (χ2v) is 9.18. The van der Waals surface area contributed by atoms with E-state index in [4.69, 9.17) is 16.2 Å². The van der Waals surface area contributed by atoms with Crippen molar-refractivity contribution in [1.29, 1.82) is 0 Å². The van der Waals surface area contributed by atoms with Crippen LogP contribution in [0.4, 0.5) is 0 Å². The van der Waals surface area contributed by atoms with Gasteiger partial charge in [0, 0.05) is 53.6 Å². The van der Waals surface area contributed by atoms with Crippen molar-refractivity contribution in [2.75, 3.05) is 7.05 Å². The van der Waals surface area contributed by atoms with Crippen molar-refractivity contribution < 1.29 is 9.84 Å². The predicted molar refractivity (Wildman–Crippen MR) is 120 cm³/mol. The number of hydrogen-bond donors (Lipinski definition) is 3. The van der Waals surface area contributed by atoms with E-state index in [1.807, 2.05) is 12.1 Å². The number of piperidine rings is 1. The lowest BCUT2D eigenvalue weighted by Crippen LogP contribution is -2.60. The van der Waals surface area contributed by atoms with Crippen LogP contribution >= 0.6 is 0 Å². The van der Waals surface area contributed by atoms with Crippen molar-refractivity contribution in [3.05, 3.63) is 60.3 Å². The zero-order valence-electron chi connectivity index (χ0n) is 18.5. The minimum Gasteiger partial charge on any atom is -0.507 e. The Labute approximate surface area is 178 Å². The van der Waals surface area contributed by atoms with E-state index in [-0.39, 0.29) is 22.9 Å². The SMILES string of the molecule is CN1C(C)(C)CC(O/C(N)=C/C=C(\N)c2ccc(-n3cccn3)cc2O)CC1(C)C. The van der Waals surface area contributed by atoms with Crippen LogP contribution in [0.25, 0.3) is 11.4 Å². The van der Waals surface area contributed by atoms with Gasteiger partial charge < -0.3 is 21.3 Å². The first-order chi connectivity index (χ1) is 14.0. The van der Waals surface area contributed by atoms with Crippen LogP contribution in [-0.2, 0) is 4.74 Å². The normalized spacial score (nSPS) is 20.3. The van der Waals surface area contributed by atoms with Gasteiger partial charge in [0.1, 0.15) is 11.9 Å². The Bertz CT molecular complexity index is 927. The van der Waals surface area contributed by atoms with Crippen LogP contribution in [0.15, 0.2) is 54.7 Å². The highest BCUT2D eigenvalue weighted by atomic mass is 16.5. The van der Waals surface area contributed by atoms with Gasteiger partial charge in [-0.15, -0.1) is 0 Å². The Morgan fingerprint density at radius 1 is 1.17 bits per heavy atom. The lowest BCUT2D eigenvalue weighted by atomic mass is 9.79. The van der Waals surface area contributed by atoms with Crippen LogP contribution < -0.4 is 11.5 Å². The highest BCUT2D eigenvalue weighted by Gasteiger charge is 2.43. The molecule has 162 valence electrons. The molecule has 30 heavy (non-hydrogen) atoms. The number of rotatable bonds is 5. The smallest absolute Gasteiger partial charge is 0.184 e. The summed E-state index contributed by atoms with van der Waals surface area (Å²) >= 11 is 0. The summed E-state index contributed by atoms with van der Waals surface area (Å²) in [4.78, 5) is 2.40. The maximum absolute atomic E-state index is 10.4. The van der Waals surface area contributed by atoms with Gasteiger partial charge in [-0.1, -0.05) is 0 Å². The molecule has 1 aliphatic rings. The number of aromatic hydroxyl groups is 1. The second-order valence-electron chi connectivity index (χ2n) is 9.18. The van der Waals surface area contributed by atoms with Crippen molar-refractivity contribution in [3.63, 3.8) is 0 Å². The van der Waals surface area contributed by atoms with E-state index in [9.17, 15) is 5.11 Å². The molecule has 7 nitrogen and oxygen atoms in total. The quantitative estimate of drug-likeness (QED) is 0.515. The minimum atomic E-state index is 0.0175. The highest BCUT2D eigenvalue weighted by Crippen LogP contribution is 2.38. The van der Waals surface area contributed by atoms with Gasteiger partial charge in [-0.05, 0) is 65.1 Å². The summed E-state index contributed by atoms with van der Waals surface area (Å²) < 4.78 is 7.70. The molecule has 2 heterocycles. The molecule has 1 aliphatic heterocycles. The lowest BCUT2D eigenvalue weighted by molar-refractivity contribution is -0.0746. The van der Waals surface area contributed by atoms with Gasteiger partial charge in [-0.25, -0.2) is 4.68 Å². The van der Waals surface area contributed by atoms with Gasteiger partial charge in [0.05, 0.1) is 5.69 Å². The number of nitrogens with two attached hydrogens (primary N) is 2. The van der Waals surface area contributed by atoms with Gasteiger partial charge in [0.15, 0.2) is 5.88 Å². The molecule has 0 aliphatic carbocycles. The number of nitrogens with zero attached hydrogens (tertiary/aromatic N) is 3. The van der Waals surface area contributed by atoms with Gasteiger partial charge in [0.2, 0.25) is 0 Å². The van der Waals surface area contributed by atoms with E-state index in [2.05, 4.69) is 44.7 Å². The molecule has 0 spiro atoms. The van der Waals surface area contributed by atoms with Crippen LogP contribution in [0.1, 0.15) is 46.1 Å². The summed E-state index contributed by atoms with van der Waals surface area (Å²) in [5, 5.41) is 14.5. The summed E-state index contributed by atoms with van der Waals surface area (Å²) in [5.41, 5.74) is 14.0. The van der Waals surface area contributed by atoms with E-state index in [0.29, 0.717) is 17.1 Å². The Hall–Kier alpha value is -2.93. The van der Waals surface area contributed by atoms with Crippen LogP contribution in [-0.4, -0.2) is 44.0 Å². The molecular formula is C23H33N5O2. The summed E-state index contributed by atoms with van der Waals surface area (Å²) in [6, 6.07) is 7.04. The fourth-order valence-electron chi connectivity index (χ4n) is 4.18. The highest BCUT2D eigenvalue weighted by molar-refractivity contribution is 5.70. The molecule has 0 saturated carbocycles. The number of phenolic OH excluding ortho intramolecular Hbond substituents is 1. The first-order valence-corrected chi connectivity index (χ1v) is 10.2. The molecule has 1 saturated heterocycles. The Balaban J connectivity index is 1.71. The molecule has 5 N–H and O–H groups in total. The first-order valence-electron chi connectivity index (χ1n) is 10.2. The molecule has 0 unspecified atom stereocenters. The van der Waals surface area contributed by atoms with Crippen LogP contribution in [0.5, 0.6) is 5.75 Å². The third-order valence-electron chi connectivity index (χ3n) is 6.06. The fourth-order valence-corrected chi connectivity index (χ4v) is 4.18. The number of likely N-dealkylation sites (tertiary alicyclic amines) is 1. The van der Waals surface area contributed by atoms with E-state index in [0.717, 1.165) is 18.5 Å². The zero-order chi connectivity index (χ0) is 22.1.